The van der Waals surface area contributed by atoms with E-state index in [9.17, 15) is 4.79 Å². The number of carbonyl (C=O) groups is 1. The summed E-state index contributed by atoms with van der Waals surface area (Å²) in [6.45, 7) is 0. The average Bonchev–Trinajstić information content (AvgIpc) is 2.41. The lowest BCUT2D eigenvalue weighted by atomic mass is 10.2. The maximum absolute atomic E-state index is 11.8. The van der Waals surface area contributed by atoms with Gasteiger partial charge in [0.15, 0.2) is 0 Å². The minimum absolute atomic E-state index is 0.353. The Morgan fingerprint density at radius 2 is 2.00 bits per heavy atom. The predicted molar refractivity (Wildman–Crippen MR) is 79.7 cm³/mol. The molecule has 0 aliphatic heterocycles. The molecule has 0 spiro atoms. The van der Waals surface area contributed by atoms with E-state index in [-0.39, 0.29) is 0 Å². The van der Waals surface area contributed by atoms with E-state index in [2.05, 4.69) is 10.6 Å². The van der Waals surface area contributed by atoms with Crippen LogP contribution in [0.3, 0.4) is 0 Å². The number of anilines is 3. The molecule has 4 N–H and O–H groups in total. The third kappa shape index (κ3) is 3.40. The van der Waals surface area contributed by atoms with Crippen molar-refractivity contribution in [2.45, 2.75) is 0 Å². The fourth-order valence-electron chi connectivity index (χ4n) is 1.59. The topological polar surface area (TPSA) is 90.9 Å². The highest BCUT2D eigenvalue weighted by atomic mass is 35.5. The minimum atomic E-state index is -0.465. The summed E-state index contributed by atoms with van der Waals surface area (Å²) in [5.41, 5.74) is 7.51. The Morgan fingerprint density at radius 1 is 1.20 bits per heavy atom. The first-order valence-electron chi connectivity index (χ1n) is 5.71. The molecule has 0 radical (unpaired) electrons. The zero-order chi connectivity index (χ0) is 14.5. The van der Waals surface area contributed by atoms with Gasteiger partial charge in [-0.15, -0.1) is 0 Å². The molecule has 2 aromatic rings. The van der Waals surface area contributed by atoms with Crippen molar-refractivity contribution < 1.29 is 4.79 Å². The van der Waals surface area contributed by atoms with Gasteiger partial charge in [-0.1, -0.05) is 17.7 Å². The number of nitrogens with one attached hydrogen (secondary N) is 2. The fourth-order valence-corrected chi connectivity index (χ4v) is 1.76. The van der Waals surface area contributed by atoms with Gasteiger partial charge in [0.1, 0.15) is 0 Å². The summed E-state index contributed by atoms with van der Waals surface area (Å²) in [6, 6.07) is 12.9. The van der Waals surface area contributed by atoms with Crippen LogP contribution in [0, 0.1) is 11.3 Å². The third-order valence-electron chi connectivity index (χ3n) is 2.49. The van der Waals surface area contributed by atoms with Gasteiger partial charge in [0.25, 0.3) is 0 Å². The number of amides is 2. The molecule has 0 fully saturated rings. The van der Waals surface area contributed by atoms with Crippen molar-refractivity contribution >= 4 is 34.7 Å². The van der Waals surface area contributed by atoms with Crippen molar-refractivity contribution in [3.8, 4) is 6.07 Å². The first-order valence-corrected chi connectivity index (χ1v) is 6.09. The standard InChI is InChI=1S/C14H11ClN4O/c15-12-5-4-9(8-16)6-13(12)19-14(20)18-11-3-1-2-10(17)7-11/h1-7H,17H2,(H2,18,19,20). The van der Waals surface area contributed by atoms with E-state index in [0.717, 1.165) is 0 Å². The second-order valence-corrected chi connectivity index (χ2v) is 4.42. The number of hydrogen-bond acceptors (Lipinski definition) is 3. The predicted octanol–water partition coefficient (Wildman–Crippen LogP) is 3.44. The van der Waals surface area contributed by atoms with Gasteiger partial charge in [-0.05, 0) is 36.4 Å². The van der Waals surface area contributed by atoms with Crippen LogP contribution in [0.1, 0.15) is 5.56 Å². The molecular formula is C14H11ClN4O. The summed E-state index contributed by atoms with van der Waals surface area (Å²) in [5.74, 6) is 0. The van der Waals surface area contributed by atoms with Gasteiger partial charge in [0.2, 0.25) is 0 Å². The summed E-state index contributed by atoms with van der Waals surface area (Å²) in [5, 5.41) is 14.4. The maximum Gasteiger partial charge on any atom is 0.323 e. The number of urea groups is 1. The molecular weight excluding hydrogens is 276 g/mol. The van der Waals surface area contributed by atoms with Crippen molar-refractivity contribution in [1.29, 1.82) is 5.26 Å². The molecule has 2 amide bonds. The monoisotopic (exact) mass is 286 g/mol. The molecule has 0 bridgehead atoms. The normalized spacial score (nSPS) is 9.60. The highest BCUT2D eigenvalue weighted by Crippen LogP contribution is 2.23. The van der Waals surface area contributed by atoms with Gasteiger partial charge in [-0.2, -0.15) is 5.26 Å². The van der Waals surface area contributed by atoms with E-state index in [4.69, 9.17) is 22.6 Å². The van der Waals surface area contributed by atoms with Crippen molar-refractivity contribution in [3.05, 3.63) is 53.1 Å². The van der Waals surface area contributed by atoms with E-state index in [1.165, 1.54) is 6.07 Å². The van der Waals surface area contributed by atoms with Crippen molar-refractivity contribution in [2.24, 2.45) is 0 Å². The lowest BCUT2D eigenvalue weighted by Crippen LogP contribution is -2.19. The van der Waals surface area contributed by atoms with Crippen LogP contribution in [-0.4, -0.2) is 6.03 Å². The van der Waals surface area contributed by atoms with E-state index in [1.807, 2.05) is 6.07 Å². The van der Waals surface area contributed by atoms with Crippen LogP contribution in [0.25, 0.3) is 0 Å². The average molecular weight is 287 g/mol. The second-order valence-electron chi connectivity index (χ2n) is 4.01. The van der Waals surface area contributed by atoms with Gasteiger partial charge >= 0.3 is 6.03 Å². The summed E-state index contributed by atoms with van der Waals surface area (Å²) in [4.78, 5) is 11.8. The molecule has 0 atom stereocenters. The lowest BCUT2D eigenvalue weighted by molar-refractivity contribution is 0.262. The highest BCUT2D eigenvalue weighted by Gasteiger charge is 2.07. The van der Waals surface area contributed by atoms with Gasteiger partial charge in [0, 0.05) is 11.4 Å². The Labute approximate surface area is 121 Å². The summed E-state index contributed by atoms with van der Waals surface area (Å²) < 4.78 is 0. The summed E-state index contributed by atoms with van der Waals surface area (Å²) >= 11 is 5.95. The number of hydrogen-bond donors (Lipinski definition) is 3. The van der Waals surface area contributed by atoms with Crippen LogP contribution in [0.2, 0.25) is 5.02 Å². The molecule has 0 saturated carbocycles. The fraction of sp³-hybridized carbons (Fsp3) is 0. The smallest absolute Gasteiger partial charge is 0.323 e. The van der Waals surface area contributed by atoms with Crippen molar-refractivity contribution in [3.63, 3.8) is 0 Å². The summed E-state index contributed by atoms with van der Waals surface area (Å²) in [7, 11) is 0. The van der Waals surface area contributed by atoms with Gasteiger partial charge in [-0.25, -0.2) is 4.79 Å². The van der Waals surface area contributed by atoms with E-state index in [0.29, 0.717) is 27.6 Å². The van der Waals surface area contributed by atoms with Crippen LogP contribution < -0.4 is 16.4 Å². The molecule has 0 aromatic heterocycles. The van der Waals surface area contributed by atoms with Crippen LogP contribution in [0.5, 0.6) is 0 Å². The van der Waals surface area contributed by atoms with E-state index in [1.54, 1.807) is 36.4 Å². The van der Waals surface area contributed by atoms with Gasteiger partial charge in [-0.3, -0.25) is 0 Å². The summed E-state index contributed by atoms with van der Waals surface area (Å²) in [6.07, 6.45) is 0. The lowest BCUT2D eigenvalue weighted by Gasteiger charge is -2.09. The Kier molecular flexibility index (Phi) is 4.08. The molecule has 100 valence electrons. The quantitative estimate of drug-likeness (QED) is 0.739. The molecule has 0 unspecified atom stereocenters. The number of nitrogens with zero attached hydrogens (tertiary/aromatic N) is 1. The van der Waals surface area contributed by atoms with Crippen LogP contribution in [-0.2, 0) is 0 Å². The number of nitriles is 1. The molecule has 0 aliphatic rings. The Morgan fingerprint density at radius 3 is 2.70 bits per heavy atom. The molecule has 6 heteroatoms. The van der Waals surface area contributed by atoms with E-state index < -0.39 is 6.03 Å². The van der Waals surface area contributed by atoms with Crippen LogP contribution in [0.15, 0.2) is 42.5 Å². The molecule has 0 aliphatic carbocycles. The molecule has 2 aromatic carbocycles. The van der Waals surface area contributed by atoms with Crippen LogP contribution >= 0.6 is 11.6 Å². The molecule has 0 saturated heterocycles. The minimum Gasteiger partial charge on any atom is -0.399 e. The molecule has 20 heavy (non-hydrogen) atoms. The Bertz CT molecular complexity index is 694. The van der Waals surface area contributed by atoms with Gasteiger partial charge < -0.3 is 16.4 Å². The molecule has 2 rings (SSSR count). The van der Waals surface area contributed by atoms with Gasteiger partial charge in [0.05, 0.1) is 22.3 Å². The number of nitrogen functional groups attached to an aromatic ring is 1. The molecule has 0 heterocycles. The third-order valence-corrected chi connectivity index (χ3v) is 2.82. The van der Waals surface area contributed by atoms with Crippen molar-refractivity contribution in [1.82, 2.24) is 0 Å². The number of nitrogens with two attached hydrogens (primary N) is 1. The number of rotatable bonds is 2. The van der Waals surface area contributed by atoms with E-state index >= 15 is 0 Å². The second kappa shape index (κ2) is 5.95. The van der Waals surface area contributed by atoms with Crippen LogP contribution in [0.4, 0.5) is 21.9 Å². The number of carbonyl (C=O) groups excluding carboxylic acids is 1. The Hall–Kier alpha value is -2.71. The maximum atomic E-state index is 11.8. The van der Waals surface area contributed by atoms with Crippen molar-refractivity contribution in [2.75, 3.05) is 16.4 Å². The first-order chi connectivity index (χ1) is 9.58. The molecule has 5 nitrogen and oxygen atoms in total. The number of halogens is 1. The zero-order valence-corrected chi connectivity index (χ0v) is 11.1. The number of benzene rings is 2. The SMILES string of the molecule is N#Cc1ccc(Cl)c(NC(=O)Nc2cccc(N)c2)c1. The first kappa shape index (κ1) is 13.7. The Balaban J connectivity index is 2.10. The zero-order valence-electron chi connectivity index (χ0n) is 10.4. The highest BCUT2D eigenvalue weighted by molar-refractivity contribution is 6.33. The largest absolute Gasteiger partial charge is 0.399 e.